The summed E-state index contributed by atoms with van der Waals surface area (Å²) in [5, 5.41) is 3.49. The molecule has 2 N–H and O–H groups in total. The van der Waals surface area contributed by atoms with Gasteiger partial charge in [0.05, 0.1) is 11.3 Å². The summed E-state index contributed by atoms with van der Waals surface area (Å²) in [4.78, 5) is 33.4. The first-order valence-electron chi connectivity index (χ1n) is 8.06. The highest BCUT2D eigenvalue weighted by Crippen LogP contribution is 2.16. The number of carbonyl (C=O) groups is 1. The zero-order valence-corrected chi connectivity index (χ0v) is 15.7. The molecule has 0 fully saturated rings. The van der Waals surface area contributed by atoms with E-state index in [9.17, 15) is 9.59 Å². The van der Waals surface area contributed by atoms with Crippen LogP contribution < -0.4 is 10.9 Å². The van der Waals surface area contributed by atoms with Crippen molar-refractivity contribution in [2.75, 3.05) is 19.3 Å². The lowest BCUT2D eigenvalue weighted by atomic mass is 10.1. The van der Waals surface area contributed by atoms with Crippen molar-refractivity contribution >= 4 is 17.9 Å². The first-order valence-corrected chi connectivity index (χ1v) is 9.28. The molecular formula is C16H26N4O3S. The Kier molecular flexibility index (Phi) is 5.92. The van der Waals surface area contributed by atoms with Crippen LogP contribution in [0.15, 0.2) is 9.95 Å². The number of fused-ring (bicyclic) bond motifs is 1. The van der Waals surface area contributed by atoms with Gasteiger partial charge in [-0.3, -0.25) is 9.69 Å². The van der Waals surface area contributed by atoms with Gasteiger partial charge in [-0.15, -0.1) is 0 Å². The molecule has 0 radical (unpaired) electrons. The molecule has 1 aromatic heterocycles. The third-order valence-corrected chi connectivity index (χ3v) is 4.19. The van der Waals surface area contributed by atoms with Gasteiger partial charge in [0, 0.05) is 32.1 Å². The largest absolute Gasteiger partial charge is 0.444 e. The number of nitrogens with one attached hydrogen (secondary N) is 2. The molecular weight excluding hydrogens is 328 g/mol. The van der Waals surface area contributed by atoms with E-state index in [0.717, 1.165) is 24.2 Å². The predicted octanol–water partition coefficient (Wildman–Crippen LogP) is 1.76. The number of hydrogen-bond donors (Lipinski definition) is 2. The SMILES string of the molecule is CSc1nc2c(c(=O)[nH]1)CN(CC(C)NC(=O)OC(C)(C)C)CC2. The number of nitrogens with zero attached hydrogens (tertiary/aromatic N) is 2. The summed E-state index contributed by atoms with van der Waals surface area (Å²) in [6.45, 7) is 9.45. The molecule has 1 atom stereocenters. The Morgan fingerprint density at radius 3 is 2.83 bits per heavy atom. The molecule has 1 aromatic rings. The lowest BCUT2D eigenvalue weighted by Gasteiger charge is -2.30. The monoisotopic (exact) mass is 354 g/mol. The first kappa shape index (κ1) is 18.8. The Hall–Kier alpha value is -1.54. The van der Waals surface area contributed by atoms with Gasteiger partial charge in [-0.25, -0.2) is 9.78 Å². The summed E-state index contributed by atoms with van der Waals surface area (Å²) in [6.07, 6.45) is 2.21. The van der Waals surface area contributed by atoms with Crippen LogP contribution in [0.1, 0.15) is 39.0 Å². The summed E-state index contributed by atoms with van der Waals surface area (Å²) >= 11 is 1.44. The highest BCUT2D eigenvalue weighted by atomic mass is 32.2. The summed E-state index contributed by atoms with van der Waals surface area (Å²) in [5.74, 6) is 0. The summed E-state index contributed by atoms with van der Waals surface area (Å²) in [6, 6.07) is -0.0705. The zero-order chi connectivity index (χ0) is 17.9. The number of rotatable bonds is 4. The van der Waals surface area contributed by atoms with Gasteiger partial charge in [0.2, 0.25) is 0 Å². The Morgan fingerprint density at radius 1 is 1.50 bits per heavy atom. The third kappa shape index (κ3) is 5.24. The van der Waals surface area contributed by atoms with Crippen LogP contribution in [-0.2, 0) is 17.7 Å². The molecule has 0 saturated carbocycles. The fourth-order valence-corrected chi connectivity index (χ4v) is 3.05. The van der Waals surface area contributed by atoms with Crippen LogP contribution in [0.4, 0.5) is 4.79 Å². The molecule has 1 aliphatic rings. The minimum atomic E-state index is -0.512. The van der Waals surface area contributed by atoms with Crippen molar-refractivity contribution in [1.82, 2.24) is 20.2 Å². The average molecular weight is 354 g/mol. The van der Waals surface area contributed by atoms with E-state index in [0.29, 0.717) is 18.2 Å². The van der Waals surface area contributed by atoms with Crippen molar-refractivity contribution in [3.05, 3.63) is 21.6 Å². The topological polar surface area (TPSA) is 87.3 Å². The maximum absolute atomic E-state index is 12.2. The van der Waals surface area contributed by atoms with Crippen LogP contribution in [0.3, 0.4) is 0 Å². The van der Waals surface area contributed by atoms with Crippen LogP contribution in [0.25, 0.3) is 0 Å². The van der Waals surface area contributed by atoms with E-state index in [1.165, 1.54) is 11.8 Å². The van der Waals surface area contributed by atoms with Crippen LogP contribution in [0.2, 0.25) is 0 Å². The maximum atomic E-state index is 12.2. The van der Waals surface area contributed by atoms with Crippen LogP contribution in [-0.4, -0.2) is 51.9 Å². The fourth-order valence-electron chi connectivity index (χ4n) is 2.65. The highest BCUT2D eigenvalue weighted by Gasteiger charge is 2.23. The van der Waals surface area contributed by atoms with Crippen molar-refractivity contribution in [2.24, 2.45) is 0 Å². The van der Waals surface area contributed by atoms with Crippen molar-refractivity contribution in [3.8, 4) is 0 Å². The Bertz CT molecular complexity index is 654. The first-order chi connectivity index (χ1) is 11.2. The molecule has 8 heteroatoms. The molecule has 1 amide bonds. The van der Waals surface area contributed by atoms with E-state index in [1.807, 2.05) is 34.0 Å². The molecule has 1 aliphatic heterocycles. The standard InChI is InChI=1S/C16H26N4O3S/c1-10(17-15(22)23-16(2,3)4)8-20-7-6-12-11(9-20)13(21)19-14(18-12)24-5/h10H,6-9H2,1-5H3,(H,17,22)(H,18,19,21). The normalized spacial score (nSPS) is 16.4. The summed E-state index contributed by atoms with van der Waals surface area (Å²) in [5.41, 5.74) is 1.03. The molecule has 134 valence electrons. The number of aromatic amines is 1. The second-order valence-corrected chi connectivity index (χ2v) is 7.83. The molecule has 0 aliphatic carbocycles. The molecule has 0 bridgehead atoms. The quantitative estimate of drug-likeness (QED) is 0.633. The number of amides is 1. The van der Waals surface area contributed by atoms with Gasteiger partial charge in [-0.2, -0.15) is 0 Å². The smallest absolute Gasteiger partial charge is 0.407 e. The zero-order valence-electron chi connectivity index (χ0n) is 14.9. The molecule has 7 nitrogen and oxygen atoms in total. The van der Waals surface area contributed by atoms with Crippen molar-refractivity contribution < 1.29 is 9.53 Å². The molecule has 2 rings (SSSR count). The minimum Gasteiger partial charge on any atom is -0.444 e. The number of hydrogen-bond acceptors (Lipinski definition) is 6. The van der Waals surface area contributed by atoms with E-state index in [2.05, 4.69) is 20.2 Å². The van der Waals surface area contributed by atoms with E-state index >= 15 is 0 Å². The average Bonchev–Trinajstić information content (AvgIpc) is 2.45. The second kappa shape index (κ2) is 7.57. The van der Waals surface area contributed by atoms with E-state index in [1.54, 1.807) is 0 Å². The Labute approximate surface area is 146 Å². The minimum absolute atomic E-state index is 0.0678. The number of alkyl carbamates (subject to hydrolysis) is 1. The molecule has 0 aromatic carbocycles. The van der Waals surface area contributed by atoms with Crippen LogP contribution in [0, 0.1) is 0 Å². The van der Waals surface area contributed by atoms with E-state index in [4.69, 9.17) is 4.74 Å². The molecule has 0 spiro atoms. The van der Waals surface area contributed by atoms with Gasteiger partial charge in [0.25, 0.3) is 5.56 Å². The van der Waals surface area contributed by atoms with Gasteiger partial charge < -0.3 is 15.0 Å². The van der Waals surface area contributed by atoms with E-state index in [-0.39, 0.29) is 11.6 Å². The summed E-state index contributed by atoms with van der Waals surface area (Å²) in [7, 11) is 0. The van der Waals surface area contributed by atoms with Crippen LogP contribution in [0.5, 0.6) is 0 Å². The summed E-state index contributed by atoms with van der Waals surface area (Å²) < 4.78 is 5.26. The van der Waals surface area contributed by atoms with Crippen molar-refractivity contribution in [2.45, 2.75) is 57.5 Å². The van der Waals surface area contributed by atoms with Crippen LogP contribution >= 0.6 is 11.8 Å². The van der Waals surface area contributed by atoms with Gasteiger partial charge in [-0.1, -0.05) is 11.8 Å². The van der Waals surface area contributed by atoms with Crippen molar-refractivity contribution in [1.29, 1.82) is 0 Å². The number of thioether (sulfide) groups is 1. The third-order valence-electron chi connectivity index (χ3n) is 3.61. The van der Waals surface area contributed by atoms with Gasteiger partial charge in [0.1, 0.15) is 5.60 Å². The second-order valence-electron chi connectivity index (χ2n) is 7.03. The maximum Gasteiger partial charge on any atom is 0.407 e. The van der Waals surface area contributed by atoms with E-state index < -0.39 is 11.7 Å². The lowest BCUT2D eigenvalue weighted by molar-refractivity contribution is 0.0495. The number of carbonyl (C=O) groups excluding carboxylic acids is 1. The molecule has 2 heterocycles. The molecule has 1 unspecified atom stereocenters. The number of H-pyrrole nitrogens is 1. The Morgan fingerprint density at radius 2 is 2.21 bits per heavy atom. The fraction of sp³-hybridized carbons (Fsp3) is 0.688. The van der Waals surface area contributed by atoms with Gasteiger partial charge >= 0.3 is 6.09 Å². The molecule has 24 heavy (non-hydrogen) atoms. The lowest BCUT2D eigenvalue weighted by Crippen LogP contribution is -2.46. The number of aromatic nitrogens is 2. The molecule has 0 saturated heterocycles. The van der Waals surface area contributed by atoms with Gasteiger partial charge in [0.15, 0.2) is 5.16 Å². The highest BCUT2D eigenvalue weighted by molar-refractivity contribution is 7.98. The Balaban J connectivity index is 1.94. The van der Waals surface area contributed by atoms with Gasteiger partial charge in [-0.05, 0) is 34.0 Å². The van der Waals surface area contributed by atoms with Crippen molar-refractivity contribution in [3.63, 3.8) is 0 Å². The predicted molar refractivity (Wildman–Crippen MR) is 94.5 cm³/mol. The number of ether oxygens (including phenoxy) is 1.